The summed E-state index contributed by atoms with van der Waals surface area (Å²) in [7, 11) is 0. The SMILES string of the molecule is CCCc1nc2c(c(=O)[nH]1)CCN(Cc1cc([N+](=O)[O-])ccc1F)C2. The van der Waals surface area contributed by atoms with Gasteiger partial charge in [-0.2, -0.15) is 0 Å². The van der Waals surface area contributed by atoms with E-state index in [4.69, 9.17) is 0 Å². The van der Waals surface area contributed by atoms with E-state index in [1.165, 1.54) is 6.07 Å². The average molecular weight is 346 g/mol. The maximum atomic E-state index is 14.0. The fraction of sp³-hybridized carbons (Fsp3) is 0.412. The molecule has 0 unspecified atom stereocenters. The number of hydrogen-bond acceptors (Lipinski definition) is 5. The summed E-state index contributed by atoms with van der Waals surface area (Å²) in [6.07, 6.45) is 2.10. The molecule has 8 heteroatoms. The molecule has 1 aliphatic rings. The van der Waals surface area contributed by atoms with Gasteiger partial charge in [0.25, 0.3) is 11.2 Å². The van der Waals surface area contributed by atoms with Crippen LogP contribution in [0.3, 0.4) is 0 Å². The molecule has 2 heterocycles. The molecule has 3 rings (SSSR count). The molecule has 1 aromatic carbocycles. The molecule has 0 fully saturated rings. The van der Waals surface area contributed by atoms with Gasteiger partial charge in [-0.3, -0.25) is 19.8 Å². The second-order valence-corrected chi connectivity index (χ2v) is 6.18. The Morgan fingerprint density at radius 1 is 1.44 bits per heavy atom. The molecule has 0 saturated carbocycles. The molecule has 0 radical (unpaired) electrons. The van der Waals surface area contributed by atoms with Gasteiger partial charge in [-0.1, -0.05) is 6.92 Å². The summed E-state index contributed by atoms with van der Waals surface area (Å²) in [5.41, 5.74) is 1.43. The first kappa shape index (κ1) is 17.2. The van der Waals surface area contributed by atoms with Crippen molar-refractivity contribution in [3.05, 3.63) is 67.1 Å². The lowest BCUT2D eigenvalue weighted by molar-refractivity contribution is -0.385. The van der Waals surface area contributed by atoms with Gasteiger partial charge in [-0.05, 0) is 18.9 Å². The summed E-state index contributed by atoms with van der Waals surface area (Å²) in [4.78, 5) is 31.8. The number of aromatic nitrogens is 2. The number of aromatic amines is 1. The van der Waals surface area contributed by atoms with Crippen molar-refractivity contribution < 1.29 is 9.31 Å². The number of H-pyrrole nitrogens is 1. The van der Waals surface area contributed by atoms with Crippen LogP contribution in [0.1, 0.15) is 36.0 Å². The number of benzene rings is 1. The number of halogens is 1. The van der Waals surface area contributed by atoms with Gasteiger partial charge in [-0.25, -0.2) is 9.37 Å². The maximum absolute atomic E-state index is 14.0. The van der Waals surface area contributed by atoms with Gasteiger partial charge in [-0.15, -0.1) is 0 Å². The van der Waals surface area contributed by atoms with Crippen LogP contribution in [0.25, 0.3) is 0 Å². The summed E-state index contributed by atoms with van der Waals surface area (Å²) in [5.74, 6) is 0.191. The zero-order valence-corrected chi connectivity index (χ0v) is 13.9. The predicted octanol–water partition coefficient (Wildman–Crippen LogP) is 2.33. The molecule has 25 heavy (non-hydrogen) atoms. The van der Waals surface area contributed by atoms with Crippen molar-refractivity contribution in [3.63, 3.8) is 0 Å². The van der Waals surface area contributed by atoms with Crippen LogP contribution in [0, 0.1) is 15.9 Å². The summed E-state index contributed by atoms with van der Waals surface area (Å²) in [5, 5.41) is 10.9. The van der Waals surface area contributed by atoms with Crippen LogP contribution in [0.15, 0.2) is 23.0 Å². The predicted molar refractivity (Wildman–Crippen MR) is 89.7 cm³/mol. The zero-order chi connectivity index (χ0) is 18.0. The number of nitro groups is 1. The standard InChI is InChI=1S/C17H19FN4O3/c1-2-3-16-19-15-10-21(7-6-13(15)17(23)20-16)9-11-8-12(22(24)25)4-5-14(11)18/h4-5,8H,2-3,6-7,9-10H2,1H3,(H,19,20,23). The Labute approximate surface area is 143 Å². The molecule has 0 atom stereocenters. The fourth-order valence-corrected chi connectivity index (χ4v) is 3.07. The lowest BCUT2D eigenvalue weighted by Gasteiger charge is -2.27. The van der Waals surface area contributed by atoms with Crippen LogP contribution in [-0.2, 0) is 25.9 Å². The van der Waals surface area contributed by atoms with E-state index in [0.717, 1.165) is 18.6 Å². The van der Waals surface area contributed by atoms with Crippen LogP contribution < -0.4 is 5.56 Å². The van der Waals surface area contributed by atoms with E-state index in [1.807, 2.05) is 11.8 Å². The third-order valence-electron chi connectivity index (χ3n) is 4.32. The number of fused-ring (bicyclic) bond motifs is 1. The van der Waals surface area contributed by atoms with Gasteiger partial charge in [0.15, 0.2) is 0 Å². The number of hydrogen-bond donors (Lipinski definition) is 1. The highest BCUT2D eigenvalue weighted by Crippen LogP contribution is 2.21. The number of nitro benzene ring substituents is 1. The minimum absolute atomic E-state index is 0.102. The number of aryl methyl sites for hydroxylation is 1. The molecule has 1 N–H and O–H groups in total. The summed E-state index contributed by atoms with van der Waals surface area (Å²) in [6, 6.07) is 3.54. The van der Waals surface area contributed by atoms with Gasteiger partial charge >= 0.3 is 0 Å². The Kier molecular flexibility index (Phi) is 4.89. The van der Waals surface area contributed by atoms with Crippen molar-refractivity contribution in [1.29, 1.82) is 0 Å². The van der Waals surface area contributed by atoms with E-state index >= 15 is 0 Å². The summed E-state index contributed by atoms with van der Waals surface area (Å²) < 4.78 is 14.0. The molecule has 2 aromatic rings. The van der Waals surface area contributed by atoms with Crippen molar-refractivity contribution in [2.45, 2.75) is 39.3 Å². The van der Waals surface area contributed by atoms with E-state index in [9.17, 15) is 19.3 Å². The average Bonchev–Trinajstić information content (AvgIpc) is 2.56. The monoisotopic (exact) mass is 346 g/mol. The molecule has 0 aliphatic carbocycles. The Morgan fingerprint density at radius 2 is 2.24 bits per heavy atom. The molecule has 0 bridgehead atoms. The van der Waals surface area contributed by atoms with Crippen LogP contribution in [-0.4, -0.2) is 26.3 Å². The quantitative estimate of drug-likeness (QED) is 0.663. The Bertz CT molecular complexity index is 865. The summed E-state index contributed by atoms with van der Waals surface area (Å²) in [6.45, 7) is 3.26. The van der Waals surface area contributed by atoms with Crippen LogP contribution in [0.2, 0.25) is 0 Å². The van der Waals surface area contributed by atoms with Crippen molar-refractivity contribution in [3.8, 4) is 0 Å². The second-order valence-electron chi connectivity index (χ2n) is 6.18. The topological polar surface area (TPSA) is 92.1 Å². The van der Waals surface area contributed by atoms with Crippen LogP contribution in [0.5, 0.6) is 0 Å². The smallest absolute Gasteiger partial charge is 0.269 e. The first-order valence-electron chi connectivity index (χ1n) is 8.24. The van der Waals surface area contributed by atoms with Crippen molar-refractivity contribution in [2.24, 2.45) is 0 Å². The second kappa shape index (κ2) is 7.10. The van der Waals surface area contributed by atoms with E-state index < -0.39 is 10.7 Å². The Morgan fingerprint density at radius 3 is 2.96 bits per heavy atom. The molecule has 132 valence electrons. The molecular formula is C17H19FN4O3. The first-order chi connectivity index (χ1) is 12.0. The minimum Gasteiger partial charge on any atom is -0.310 e. The van der Waals surface area contributed by atoms with Gasteiger partial charge in [0.05, 0.1) is 10.6 Å². The van der Waals surface area contributed by atoms with E-state index in [-0.39, 0.29) is 23.4 Å². The van der Waals surface area contributed by atoms with Gasteiger partial charge < -0.3 is 4.98 Å². The lowest BCUT2D eigenvalue weighted by atomic mass is 10.0. The van der Waals surface area contributed by atoms with Crippen molar-refractivity contribution in [1.82, 2.24) is 14.9 Å². The third-order valence-corrected chi connectivity index (χ3v) is 4.32. The number of nitrogens with zero attached hydrogens (tertiary/aromatic N) is 3. The molecular weight excluding hydrogens is 327 g/mol. The van der Waals surface area contributed by atoms with E-state index in [0.29, 0.717) is 43.0 Å². The molecule has 0 spiro atoms. The first-order valence-corrected chi connectivity index (χ1v) is 8.24. The van der Waals surface area contributed by atoms with Crippen LogP contribution in [0.4, 0.5) is 10.1 Å². The molecule has 1 aliphatic heterocycles. The van der Waals surface area contributed by atoms with Crippen molar-refractivity contribution in [2.75, 3.05) is 6.54 Å². The summed E-state index contributed by atoms with van der Waals surface area (Å²) >= 11 is 0. The van der Waals surface area contributed by atoms with E-state index in [2.05, 4.69) is 9.97 Å². The van der Waals surface area contributed by atoms with Gasteiger partial charge in [0.1, 0.15) is 11.6 Å². The highest BCUT2D eigenvalue weighted by atomic mass is 19.1. The minimum atomic E-state index is -0.535. The molecule has 7 nitrogen and oxygen atoms in total. The fourth-order valence-electron chi connectivity index (χ4n) is 3.07. The normalized spacial score (nSPS) is 14.3. The zero-order valence-electron chi connectivity index (χ0n) is 13.9. The lowest BCUT2D eigenvalue weighted by Crippen LogP contribution is -2.35. The highest BCUT2D eigenvalue weighted by Gasteiger charge is 2.22. The van der Waals surface area contributed by atoms with Gasteiger partial charge in [0.2, 0.25) is 0 Å². The van der Waals surface area contributed by atoms with Gasteiger partial charge in [0, 0.05) is 49.3 Å². The number of nitrogens with one attached hydrogen (secondary N) is 1. The maximum Gasteiger partial charge on any atom is 0.269 e. The number of non-ortho nitro benzene ring substituents is 1. The highest BCUT2D eigenvalue weighted by molar-refractivity contribution is 5.35. The molecule has 0 amide bonds. The number of rotatable bonds is 5. The van der Waals surface area contributed by atoms with Crippen LogP contribution >= 0.6 is 0 Å². The third kappa shape index (κ3) is 3.74. The Hall–Kier alpha value is -2.61. The van der Waals surface area contributed by atoms with E-state index in [1.54, 1.807) is 0 Å². The molecule has 1 aromatic heterocycles. The molecule has 0 saturated heterocycles. The van der Waals surface area contributed by atoms with Crippen molar-refractivity contribution >= 4 is 5.69 Å². The largest absolute Gasteiger partial charge is 0.310 e. The Balaban J connectivity index is 1.82.